The first-order chi connectivity index (χ1) is 9.65. The summed E-state index contributed by atoms with van der Waals surface area (Å²) in [5.41, 5.74) is 8.02. The number of ether oxygens (including phenoxy) is 2. The van der Waals surface area contributed by atoms with Gasteiger partial charge in [-0.2, -0.15) is 0 Å². The van der Waals surface area contributed by atoms with Crippen molar-refractivity contribution in [3.8, 4) is 11.5 Å². The lowest BCUT2D eigenvalue weighted by atomic mass is 9.99. The third-order valence-corrected chi connectivity index (χ3v) is 3.79. The van der Waals surface area contributed by atoms with E-state index < -0.39 is 0 Å². The van der Waals surface area contributed by atoms with Gasteiger partial charge in [0.15, 0.2) is 11.5 Å². The molecule has 0 aliphatic carbocycles. The molecule has 1 aliphatic rings. The first-order valence-corrected chi connectivity index (χ1v) is 7.01. The molecule has 1 heterocycles. The molecule has 0 bridgehead atoms. The topological polar surface area (TPSA) is 44.5 Å². The average molecular weight is 310 g/mol. The summed E-state index contributed by atoms with van der Waals surface area (Å²) in [5, 5.41) is 1.15. The van der Waals surface area contributed by atoms with Gasteiger partial charge in [0.05, 0.1) is 6.04 Å². The first kappa shape index (κ1) is 13.6. The average Bonchev–Trinajstić information content (AvgIpc) is 2.46. The third-order valence-electron chi connectivity index (χ3n) is 3.22. The fraction of sp³-hybridized carbons (Fsp3) is 0.200. The van der Waals surface area contributed by atoms with Crippen molar-refractivity contribution in [1.29, 1.82) is 0 Å². The van der Waals surface area contributed by atoms with Crippen LogP contribution >= 0.6 is 23.2 Å². The van der Waals surface area contributed by atoms with Crippen molar-refractivity contribution in [1.82, 2.24) is 0 Å². The number of nitrogens with two attached hydrogens (primary N) is 1. The maximum absolute atomic E-state index is 6.28. The van der Waals surface area contributed by atoms with Crippen LogP contribution in [0.25, 0.3) is 0 Å². The third kappa shape index (κ3) is 2.57. The highest BCUT2D eigenvalue weighted by molar-refractivity contribution is 6.35. The Morgan fingerprint density at radius 2 is 1.70 bits per heavy atom. The summed E-state index contributed by atoms with van der Waals surface area (Å²) in [6.45, 7) is 1.12. The lowest BCUT2D eigenvalue weighted by Gasteiger charge is -2.21. The summed E-state index contributed by atoms with van der Waals surface area (Å²) in [4.78, 5) is 0. The SMILES string of the molecule is NC(c1ccc2c(c1)OCCO2)c1ccc(Cl)cc1Cl. The summed E-state index contributed by atoms with van der Waals surface area (Å²) >= 11 is 12.1. The summed E-state index contributed by atoms with van der Waals surface area (Å²) in [5.74, 6) is 1.46. The summed E-state index contributed by atoms with van der Waals surface area (Å²) in [6.07, 6.45) is 0. The van der Waals surface area contributed by atoms with E-state index in [0.29, 0.717) is 29.0 Å². The van der Waals surface area contributed by atoms with Crippen molar-refractivity contribution < 1.29 is 9.47 Å². The number of fused-ring (bicyclic) bond motifs is 1. The number of halogens is 2. The molecule has 0 fully saturated rings. The van der Waals surface area contributed by atoms with E-state index in [1.54, 1.807) is 12.1 Å². The second kappa shape index (κ2) is 5.52. The minimum Gasteiger partial charge on any atom is -0.486 e. The van der Waals surface area contributed by atoms with Crippen LogP contribution in [0.4, 0.5) is 0 Å². The van der Waals surface area contributed by atoms with Gasteiger partial charge in [0, 0.05) is 10.0 Å². The van der Waals surface area contributed by atoms with Crippen LogP contribution in [0.2, 0.25) is 10.0 Å². The van der Waals surface area contributed by atoms with Gasteiger partial charge in [-0.1, -0.05) is 35.3 Å². The molecule has 0 saturated heterocycles. The second-order valence-electron chi connectivity index (χ2n) is 4.55. The van der Waals surface area contributed by atoms with Crippen LogP contribution in [0.15, 0.2) is 36.4 Å². The Kier molecular flexibility index (Phi) is 3.74. The van der Waals surface area contributed by atoms with Crippen molar-refractivity contribution in [2.24, 2.45) is 5.73 Å². The van der Waals surface area contributed by atoms with E-state index in [2.05, 4.69) is 0 Å². The fourth-order valence-corrected chi connectivity index (χ4v) is 2.71. The number of hydrogen-bond acceptors (Lipinski definition) is 3. The van der Waals surface area contributed by atoms with Gasteiger partial charge < -0.3 is 15.2 Å². The molecular weight excluding hydrogens is 297 g/mol. The Morgan fingerprint density at radius 3 is 2.45 bits per heavy atom. The molecule has 0 saturated carbocycles. The number of rotatable bonds is 2. The van der Waals surface area contributed by atoms with Crippen LogP contribution in [-0.4, -0.2) is 13.2 Å². The molecule has 20 heavy (non-hydrogen) atoms. The zero-order valence-electron chi connectivity index (χ0n) is 10.6. The van der Waals surface area contributed by atoms with Crippen LogP contribution in [0.5, 0.6) is 11.5 Å². The van der Waals surface area contributed by atoms with Crippen LogP contribution in [0.1, 0.15) is 17.2 Å². The summed E-state index contributed by atoms with van der Waals surface area (Å²) in [6, 6.07) is 10.7. The minimum absolute atomic E-state index is 0.337. The maximum atomic E-state index is 6.28. The molecule has 5 heteroatoms. The predicted molar refractivity (Wildman–Crippen MR) is 79.9 cm³/mol. The van der Waals surface area contributed by atoms with E-state index in [1.807, 2.05) is 24.3 Å². The van der Waals surface area contributed by atoms with Crippen LogP contribution in [0.3, 0.4) is 0 Å². The van der Waals surface area contributed by atoms with Crippen molar-refractivity contribution in [2.45, 2.75) is 6.04 Å². The highest BCUT2D eigenvalue weighted by Crippen LogP contribution is 2.35. The molecule has 0 radical (unpaired) electrons. The smallest absolute Gasteiger partial charge is 0.161 e. The lowest BCUT2D eigenvalue weighted by molar-refractivity contribution is 0.171. The Morgan fingerprint density at radius 1 is 0.950 bits per heavy atom. The molecule has 2 N–H and O–H groups in total. The molecule has 1 unspecified atom stereocenters. The van der Waals surface area contributed by atoms with Crippen LogP contribution < -0.4 is 15.2 Å². The van der Waals surface area contributed by atoms with Crippen LogP contribution in [-0.2, 0) is 0 Å². The Bertz CT molecular complexity index is 646. The molecule has 0 aromatic heterocycles. The molecule has 3 nitrogen and oxygen atoms in total. The first-order valence-electron chi connectivity index (χ1n) is 6.25. The van der Waals surface area contributed by atoms with Crippen LogP contribution in [0, 0.1) is 0 Å². The molecule has 0 amide bonds. The van der Waals surface area contributed by atoms with Crippen molar-refractivity contribution in [3.63, 3.8) is 0 Å². The van der Waals surface area contributed by atoms with Gasteiger partial charge in [-0.3, -0.25) is 0 Å². The van der Waals surface area contributed by atoms with Gasteiger partial charge in [0.25, 0.3) is 0 Å². The van der Waals surface area contributed by atoms with Gasteiger partial charge >= 0.3 is 0 Å². The largest absolute Gasteiger partial charge is 0.486 e. The maximum Gasteiger partial charge on any atom is 0.161 e. The van der Waals surface area contributed by atoms with Crippen molar-refractivity contribution in [3.05, 3.63) is 57.6 Å². The van der Waals surface area contributed by atoms with E-state index in [0.717, 1.165) is 16.9 Å². The zero-order chi connectivity index (χ0) is 14.1. The number of benzene rings is 2. The molecular formula is C15H13Cl2NO2. The molecule has 104 valence electrons. The van der Waals surface area contributed by atoms with Gasteiger partial charge in [0.1, 0.15) is 13.2 Å². The zero-order valence-corrected chi connectivity index (χ0v) is 12.1. The van der Waals surface area contributed by atoms with E-state index in [-0.39, 0.29) is 6.04 Å². The second-order valence-corrected chi connectivity index (χ2v) is 5.39. The Hall–Kier alpha value is -1.42. The molecule has 2 aromatic carbocycles. The summed E-state index contributed by atoms with van der Waals surface area (Å²) < 4.78 is 11.1. The van der Waals surface area contributed by atoms with Gasteiger partial charge in [-0.25, -0.2) is 0 Å². The lowest BCUT2D eigenvalue weighted by Crippen LogP contribution is -2.17. The molecule has 1 atom stereocenters. The van der Waals surface area contributed by atoms with Crippen molar-refractivity contribution in [2.75, 3.05) is 13.2 Å². The van der Waals surface area contributed by atoms with Crippen molar-refractivity contribution >= 4 is 23.2 Å². The van der Waals surface area contributed by atoms with E-state index in [9.17, 15) is 0 Å². The minimum atomic E-state index is -0.337. The van der Waals surface area contributed by atoms with Gasteiger partial charge in [-0.05, 0) is 35.4 Å². The summed E-state index contributed by atoms with van der Waals surface area (Å²) in [7, 11) is 0. The van der Waals surface area contributed by atoms with E-state index >= 15 is 0 Å². The molecule has 0 spiro atoms. The Balaban J connectivity index is 1.95. The van der Waals surface area contributed by atoms with E-state index in [1.165, 1.54) is 0 Å². The Labute approximate surface area is 127 Å². The highest BCUT2D eigenvalue weighted by Gasteiger charge is 2.17. The predicted octanol–water partition coefficient (Wildman–Crippen LogP) is 3.81. The number of hydrogen-bond donors (Lipinski definition) is 1. The van der Waals surface area contributed by atoms with Gasteiger partial charge in [0.2, 0.25) is 0 Å². The molecule has 2 aromatic rings. The molecule has 3 rings (SSSR count). The quantitative estimate of drug-likeness (QED) is 0.917. The fourth-order valence-electron chi connectivity index (χ4n) is 2.19. The van der Waals surface area contributed by atoms with Gasteiger partial charge in [-0.15, -0.1) is 0 Å². The normalized spacial score (nSPS) is 14.9. The van der Waals surface area contributed by atoms with E-state index in [4.69, 9.17) is 38.4 Å². The standard InChI is InChI=1S/C15H13Cl2NO2/c16-10-2-3-11(12(17)8-10)15(18)9-1-4-13-14(7-9)20-6-5-19-13/h1-4,7-8,15H,5-6,18H2. The molecule has 1 aliphatic heterocycles. The monoisotopic (exact) mass is 309 g/mol. The highest BCUT2D eigenvalue weighted by atomic mass is 35.5.